The molecule has 1 fully saturated rings. The molecule has 2 unspecified atom stereocenters. The van der Waals surface area contributed by atoms with Crippen molar-refractivity contribution in [1.29, 1.82) is 5.26 Å². The largest absolute Gasteiger partial charge is 0.299 e. The lowest BCUT2D eigenvalue weighted by molar-refractivity contribution is -0.119. The second kappa shape index (κ2) is 3.97. The average Bonchev–Trinajstić information content (AvgIpc) is 3.22. The van der Waals surface area contributed by atoms with E-state index in [4.69, 9.17) is 10.8 Å². The van der Waals surface area contributed by atoms with Gasteiger partial charge in [-0.15, -0.1) is 0 Å². The second-order valence-electron chi connectivity index (χ2n) is 4.80. The zero-order chi connectivity index (χ0) is 13.6. The smallest absolute Gasteiger partial charge is 0.237 e. The monoisotopic (exact) mass is 254 g/mol. The Bertz CT molecular complexity index is 657. The molecule has 1 amide bonds. The number of carbonyl (C=O) groups excluding carboxylic acids is 1. The van der Waals surface area contributed by atoms with Crippen LogP contribution in [0.4, 0.5) is 5.82 Å². The molecule has 1 aliphatic heterocycles. The van der Waals surface area contributed by atoms with Crippen LogP contribution in [0.15, 0.2) is 17.4 Å². The minimum atomic E-state index is -0.667. The van der Waals surface area contributed by atoms with Gasteiger partial charge < -0.3 is 0 Å². The van der Waals surface area contributed by atoms with Crippen LogP contribution in [-0.2, 0) is 4.79 Å². The van der Waals surface area contributed by atoms with Crippen LogP contribution in [0.25, 0.3) is 10.4 Å². The highest BCUT2D eigenvalue weighted by atomic mass is 16.2. The number of carbonyl (C=O) groups is 1. The van der Waals surface area contributed by atoms with E-state index in [2.05, 4.69) is 21.1 Å². The summed E-state index contributed by atoms with van der Waals surface area (Å²) in [5, 5.41) is 12.5. The summed E-state index contributed by atoms with van der Waals surface area (Å²) in [6.45, 7) is 0. The lowest BCUT2D eigenvalue weighted by Gasteiger charge is -2.19. The van der Waals surface area contributed by atoms with Gasteiger partial charge in [-0.2, -0.15) is 5.26 Å². The molecule has 7 heteroatoms. The number of hydrogen-bond acceptors (Lipinski definition) is 4. The summed E-state index contributed by atoms with van der Waals surface area (Å²) in [6, 6.07) is 3.16. The third-order valence-corrected chi connectivity index (χ3v) is 3.75. The van der Waals surface area contributed by atoms with E-state index in [0.717, 1.165) is 12.0 Å². The Balaban J connectivity index is 2.12. The number of likely N-dealkylation sites (N-methyl/N-ethyl adjacent to an activating group) is 1. The number of anilines is 1. The summed E-state index contributed by atoms with van der Waals surface area (Å²) in [4.78, 5) is 20.6. The molecule has 1 saturated carbocycles. The van der Waals surface area contributed by atoms with E-state index >= 15 is 0 Å². The van der Waals surface area contributed by atoms with E-state index in [-0.39, 0.29) is 17.7 Å². The van der Waals surface area contributed by atoms with Crippen molar-refractivity contribution in [3.8, 4) is 6.07 Å². The fourth-order valence-corrected chi connectivity index (χ4v) is 2.69. The fraction of sp³-hybridized carbons (Fsp3) is 0.417. The van der Waals surface area contributed by atoms with Crippen molar-refractivity contribution in [2.45, 2.75) is 18.4 Å². The Morgan fingerprint density at radius 3 is 3.16 bits per heavy atom. The predicted molar refractivity (Wildman–Crippen MR) is 66.1 cm³/mol. The number of fused-ring (bicyclic) bond motifs is 3. The summed E-state index contributed by atoms with van der Waals surface area (Å²) in [6.07, 6.45) is 2.25. The zero-order valence-electron chi connectivity index (χ0n) is 10.2. The highest BCUT2D eigenvalue weighted by Gasteiger charge is 2.51. The number of amides is 1. The number of aromatic nitrogens is 1. The SMILES string of the molecule is CN1C(=O)C(N=[N+]=[N-])[C@H]2CC2c2cc(C#N)cnc21. The van der Waals surface area contributed by atoms with Gasteiger partial charge in [-0.05, 0) is 35.4 Å². The molecule has 1 aliphatic carbocycles. The van der Waals surface area contributed by atoms with Crippen molar-refractivity contribution in [1.82, 2.24) is 4.98 Å². The zero-order valence-corrected chi connectivity index (χ0v) is 10.2. The molecule has 0 aromatic carbocycles. The Kier molecular flexibility index (Phi) is 2.40. The molecule has 2 heterocycles. The molecular weight excluding hydrogens is 244 g/mol. The normalized spacial score (nSPS) is 27.5. The van der Waals surface area contributed by atoms with Crippen LogP contribution in [0.1, 0.15) is 23.5 Å². The summed E-state index contributed by atoms with van der Waals surface area (Å²) in [5.74, 6) is 0.511. The first-order valence-electron chi connectivity index (χ1n) is 5.89. The van der Waals surface area contributed by atoms with Gasteiger partial charge in [0, 0.05) is 18.2 Å². The van der Waals surface area contributed by atoms with Crippen molar-refractivity contribution in [2.75, 3.05) is 11.9 Å². The Morgan fingerprint density at radius 2 is 2.47 bits per heavy atom. The molecule has 19 heavy (non-hydrogen) atoms. The highest BCUT2D eigenvalue weighted by molar-refractivity contribution is 5.98. The van der Waals surface area contributed by atoms with E-state index in [9.17, 15) is 4.79 Å². The molecule has 7 nitrogen and oxygen atoms in total. The van der Waals surface area contributed by atoms with E-state index in [1.54, 1.807) is 13.1 Å². The van der Waals surface area contributed by atoms with Gasteiger partial charge in [-0.3, -0.25) is 9.69 Å². The van der Waals surface area contributed by atoms with Crippen molar-refractivity contribution < 1.29 is 4.79 Å². The average molecular weight is 254 g/mol. The number of pyridine rings is 1. The molecule has 0 N–H and O–H groups in total. The number of azide groups is 1. The Hall–Kier alpha value is -2.58. The molecule has 3 atom stereocenters. The van der Waals surface area contributed by atoms with E-state index in [1.807, 2.05) is 0 Å². The maximum atomic E-state index is 12.2. The molecule has 2 aliphatic rings. The van der Waals surface area contributed by atoms with E-state index in [1.165, 1.54) is 11.1 Å². The van der Waals surface area contributed by atoms with Gasteiger partial charge in [0.25, 0.3) is 0 Å². The van der Waals surface area contributed by atoms with E-state index < -0.39 is 6.04 Å². The molecule has 94 valence electrons. The van der Waals surface area contributed by atoms with Gasteiger partial charge in [0.2, 0.25) is 5.91 Å². The molecule has 0 spiro atoms. The molecule has 0 bridgehead atoms. The lowest BCUT2D eigenvalue weighted by Crippen LogP contribution is -2.36. The van der Waals surface area contributed by atoms with Gasteiger partial charge >= 0.3 is 0 Å². The molecule has 3 rings (SSSR count). The predicted octanol–water partition coefficient (Wildman–Crippen LogP) is 1.71. The quantitative estimate of drug-likeness (QED) is 0.432. The van der Waals surface area contributed by atoms with Crippen molar-refractivity contribution in [3.63, 3.8) is 0 Å². The summed E-state index contributed by atoms with van der Waals surface area (Å²) < 4.78 is 0. The summed E-state index contributed by atoms with van der Waals surface area (Å²) in [7, 11) is 1.62. The van der Waals surface area contributed by atoms with Gasteiger partial charge in [0.1, 0.15) is 17.9 Å². The Labute approximate surface area is 109 Å². The van der Waals surface area contributed by atoms with Gasteiger partial charge in [-0.1, -0.05) is 5.11 Å². The number of nitriles is 1. The van der Waals surface area contributed by atoms with Crippen molar-refractivity contribution in [2.24, 2.45) is 11.0 Å². The van der Waals surface area contributed by atoms with Crippen molar-refractivity contribution >= 4 is 11.7 Å². The van der Waals surface area contributed by atoms with Gasteiger partial charge in [0.15, 0.2) is 0 Å². The number of nitrogens with zero attached hydrogens (tertiary/aromatic N) is 6. The highest BCUT2D eigenvalue weighted by Crippen LogP contribution is 2.54. The van der Waals surface area contributed by atoms with Gasteiger partial charge in [0.05, 0.1) is 5.56 Å². The van der Waals surface area contributed by atoms with E-state index in [0.29, 0.717) is 11.4 Å². The fourth-order valence-electron chi connectivity index (χ4n) is 2.69. The third-order valence-electron chi connectivity index (χ3n) is 3.75. The van der Waals surface area contributed by atoms with Crippen LogP contribution in [-0.4, -0.2) is 24.0 Å². The number of rotatable bonds is 1. The topological polar surface area (TPSA) is 106 Å². The van der Waals surface area contributed by atoms with Crippen molar-refractivity contribution in [3.05, 3.63) is 33.8 Å². The minimum absolute atomic E-state index is 0.0304. The van der Waals surface area contributed by atoms with Crippen LogP contribution in [0.5, 0.6) is 0 Å². The first-order valence-corrected chi connectivity index (χ1v) is 5.89. The van der Waals surface area contributed by atoms with Gasteiger partial charge in [-0.25, -0.2) is 4.98 Å². The third kappa shape index (κ3) is 1.62. The van der Waals surface area contributed by atoms with Crippen LogP contribution >= 0.6 is 0 Å². The molecule has 1 aromatic rings. The number of hydrogen-bond donors (Lipinski definition) is 0. The molecule has 1 aromatic heterocycles. The maximum Gasteiger partial charge on any atom is 0.237 e. The minimum Gasteiger partial charge on any atom is -0.299 e. The van der Waals surface area contributed by atoms with Crippen LogP contribution in [0, 0.1) is 17.2 Å². The molecule has 0 saturated heterocycles. The first-order chi connectivity index (χ1) is 9.17. The molecule has 0 radical (unpaired) electrons. The summed E-state index contributed by atoms with van der Waals surface area (Å²) in [5.41, 5.74) is 9.96. The maximum absolute atomic E-state index is 12.2. The lowest BCUT2D eigenvalue weighted by atomic mass is 10.1. The Morgan fingerprint density at radius 1 is 1.68 bits per heavy atom. The first kappa shape index (κ1) is 11.5. The van der Waals surface area contributed by atoms with Crippen LogP contribution < -0.4 is 4.90 Å². The molecular formula is C12H10N6O. The van der Waals surface area contributed by atoms with Crippen LogP contribution in [0.3, 0.4) is 0 Å². The van der Waals surface area contributed by atoms with Crippen LogP contribution in [0.2, 0.25) is 0 Å². The standard InChI is InChI=1S/C12H10N6O/c1-18-11-9(2-6(4-13)5-15-11)7-3-8(7)10(12(18)19)16-17-14/h2,5,7-8,10H,3H2,1H3/t7?,8-,10?/m0/s1. The second-order valence-corrected chi connectivity index (χ2v) is 4.80. The summed E-state index contributed by atoms with van der Waals surface area (Å²) >= 11 is 0.